The molecular formula is C16H24N2O2. The van der Waals surface area contributed by atoms with Gasteiger partial charge in [-0.2, -0.15) is 0 Å². The van der Waals surface area contributed by atoms with Crippen molar-refractivity contribution in [2.45, 2.75) is 33.1 Å². The van der Waals surface area contributed by atoms with E-state index in [2.05, 4.69) is 5.32 Å². The maximum atomic E-state index is 12.2. The van der Waals surface area contributed by atoms with Crippen LogP contribution in [-0.2, 0) is 9.59 Å². The van der Waals surface area contributed by atoms with Crippen LogP contribution in [0.3, 0.4) is 0 Å². The van der Waals surface area contributed by atoms with Crippen LogP contribution >= 0.6 is 0 Å². The molecule has 1 rings (SSSR count). The van der Waals surface area contributed by atoms with Crippen molar-refractivity contribution in [3.8, 4) is 0 Å². The van der Waals surface area contributed by atoms with E-state index in [-0.39, 0.29) is 24.3 Å². The van der Waals surface area contributed by atoms with Crippen molar-refractivity contribution >= 4 is 11.8 Å². The number of hydrogen-bond acceptors (Lipinski definition) is 2. The first-order valence-corrected chi connectivity index (χ1v) is 7.17. The minimum Gasteiger partial charge on any atom is -0.355 e. The molecule has 0 saturated heterocycles. The van der Waals surface area contributed by atoms with E-state index in [9.17, 15) is 9.59 Å². The second kappa shape index (κ2) is 8.35. The fourth-order valence-corrected chi connectivity index (χ4v) is 2.09. The first-order chi connectivity index (χ1) is 9.58. The lowest BCUT2D eigenvalue weighted by Crippen LogP contribution is -2.40. The Kier molecular flexibility index (Phi) is 6.77. The molecule has 110 valence electrons. The van der Waals surface area contributed by atoms with Crippen LogP contribution in [-0.4, -0.2) is 36.3 Å². The van der Waals surface area contributed by atoms with Crippen LogP contribution in [0.25, 0.3) is 0 Å². The van der Waals surface area contributed by atoms with E-state index < -0.39 is 0 Å². The molecule has 0 radical (unpaired) electrons. The quantitative estimate of drug-likeness (QED) is 0.829. The molecule has 4 nitrogen and oxygen atoms in total. The van der Waals surface area contributed by atoms with Crippen LogP contribution < -0.4 is 5.32 Å². The van der Waals surface area contributed by atoms with Gasteiger partial charge in [-0.3, -0.25) is 9.59 Å². The van der Waals surface area contributed by atoms with Crippen LogP contribution in [0, 0.1) is 0 Å². The van der Waals surface area contributed by atoms with E-state index >= 15 is 0 Å². The third kappa shape index (κ3) is 5.03. The van der Waals surface area contributed by atoms with Gasteiger partial charge in [-0.15, -0.1) is 0 Å². The van der Waals surface area contributed by atoms with Crippen LogP contribution in [0.15, 0.2) is 30.3 Å². The third-order valence-electron chi connectivity index (χ3n) is 3.29. The van der Waals surface area contributed by atoms with E-state index in [1.165, 1.54) is 0 Å². The molecule has 0 aromatic heterocycles. The Morgan fingerprint density at radius 3 is 2.40 bits per heavy atom. The van der Waals surface area contributed by atoms with E-state index in [1.807, 2.05) is 51.1 Å². The predicted molar refractivity (Wildman–Crippen MR) is 80.4 cm³/mol. The van der Waals surface area contributed by atoms with Gasteiger partial charge in [0.05, 0.1) is 6.54 Å². The van der Waals surface area contributed by atoms with Gasteiger partial charge in [-0.05, 0) is 25.3 Å². The van der Waals surface area contributed by atoms with Gasteiger partial charge in [0.25, 0.3) is 0 Å². The topological polar surface area (TPSA) is 49.4 Å². The number of hydrogen-bond donors (Lipinski definition) is 1. The molecule has 0 heterocycles. The van der Waals surface area contributed by atoms with Crippen molar-refractivity contribution in [3.63, 3.8) is 0 Å². The molecule has 2 amide bonds. The minimum atomic E-state index is -0.102. The molecule has 0 aliphatic heterocycles. The molecule has 0 fully saturated rings. The van der Waals surface area contributed by atoms with E-state index in [4.69, 9.17) is 0 Å². The van der Waals surface area contributed by atoms with Crippen LogP contribution in [0.1, 0.15) is 38.7 Å². The van der Waals surface area contributed by atoms with Gasteiger partial charge in [0.15, 0.2) is 0 Å². The van der Waals surface area contributed by atoms with Gasteiger partial charge in [0.1, 0.15) is 0 Å². The van der Waals surface area contributed by atoms with Crippen molar-refractivity contribution in [3.05, 3.63) is 35.9 Å². The molecule has 0 saturated carbocycles. The Bertz CT molecular complexity index is 431. The standard InChI is InChI=1S/C16H24N2O2/c1-4-17-15(19)12-18(5-2)16(20)11-13(3)14-9-7-6-8-10-14/h6-10,13H,4-5,11-12H2,1-3H3,(H,17,19). The van der Waals surface area contributed by atoms with E-state index in [1.54, 1.807) is 4.90 Å². The average molecular weight is 276 g/mol. The zero-order valence-electron chi connectivity index (χ0n) is 12.6. The Morgan fingerprint density at radius 1 is 1.20 bits per heavy atom. The molecule has 1 aromatic rings. The second-order valence-electron chi connectivity index (χ2n) is 4.88. The molecular weight excluding hydrogens is 252 g/mol. The van der Waals surface area contributed by atoms with Crippen molar-refractivity contribution in [1.82, 2.24) is 10.2 Å². The van der Waals surface area contributed by atoms with Crippen LogP contribution in [0.2, 0.25) is 0 Å². The zero-order valence-corrected chi connectivity index (χ0v) is 12.6. The lowest BCUT2D eigenvalue weighted by Gasteiger charge is -2.22. The molecule has 1 atom stereocenters. The highest BCUT2D eigenvalue weighted by atomic mass is 16.2. The van der Waals surface area contributed by atoms with Gasteiger partial charge in [-0.1, -0.05) is 37.3 Å². The van der Waals surface area contributed by atoms with Crippen molar-refractivity contribution in [2.24, 2.45) is 0 Å². The summed E-state index contributed by atoms with van der Waals surface area (Å²) in [6.45, 7) is 7.08. The van der Waals surface area contributed by atoms with Gasteiger partial charge in [0, 0.05) is 19.5 Å². The first-order valence-electron chi connectivity index (χ1n) is 7.17. The molecule has 1 N–H and O–H groups in total. The summed E-state index contributed by atoms with van der Waals surface area (Å²) in [5.41, 5.74) is 1.15. The first kappa shape index (κ1) is 16.2. The normalized spacial score (nSPS) is 11.8. The summed E-state index contributed by atoms with van der Waals surface area (Å²) < 4.78 is 0. The molecule has 0 aliphatic carbocycles. The number of carbonyl (C=O) groups excluding carboxylic acids is 2. The van der Waals surface area contributed by atoms with Crippen molar-refractivity contribution in [1.29, 1.82) is 0 Å². The third-order valence-corrected chi connectivity index (χ3v) is 3.29. The zero-order chi connectivity index (χ0) is 15.0. The van der Waals surface area contributed by atoms with Gasteiger partial charge < -0.3 is 10.2 Å². The highest BCUT2D eigenvalue weighted by Crippen LogP contribution is 2.19. The monoisotopic (exact) mass is 276 g/mol. The molecule has 4 heteroatoms. The summed E-state index contributed by atoms with van der Waals surface area (Å²) >= 11 is 0. The molecule has 20 heavy (non-hydrogen) atoms. The van der Waals surface area contributed by atoms with E-state index in [0.717, 1.165) is 5.56 Å². The van der Waals surface area contributed by atoms with Crippen molar-refractivity contribution < 1.29 is 9.59 Å². The minimum absolute atomic E-state index is 0.0232. The number of nitrogens with one attached hydrogen (secondary N) is 1. The van der Waals surface area contributed by atoms with Gasteiger partial charge >= 0.3 is 0 Å². The number of carbonyl (C=O) groups is 2. The highest BCUT2D eigenvalue weighted by molar-refractivity contribution is 5.85. The summed E-state index contributed by atoms with van der Waals surface area (Å²) in [5.74, 6) is 0.0807. The Balaban J connectivity index is 2.57. The summed E-state index contributed by atoms with van der Waals surface area (Å²) in [6, 6.07) is 9.96. The number of nitrogens with zero attached hydrogens (tertiary/aromatic N) is 1. The molecule has 0 bridgehead atoms. The summed E-state index contributed by atoms with van der Waals surface area (Å²) in [6.07, 6.45) is 0.428. The average Bonchev–Trinajstić information content (AvgIpc) is 2.45. The summed E-state index contributed by atoms with van der Waals surface area (Å²) in [4.78, 5) is 25.4. The largest absolute Gasteiger partial charge is 0.355 e. The number of likely N-dealkylation sites (N-methyl/N-ethyl adjacent to an activating group) is 2. The van der Waals surface area contributed by atoms with Gasteiger partial charge in [-0.25, -0.2) is 0 Å². The maximum Gasteiger partial charge on any atom is 0.239 e. The number of rotatable bonds is 7. The number of benzene rings is 1. The van der Waals surface area contributed by atoms with Crippen LogP contribution in [0.5, 0.6) is 0 Å². The predicted octanol–water partition coefficient (Wildman–Crippen LogP) is 2.16. The fourth-order valence-electron chi connectivity index (χ4n) is 2.09. The molecule has 1 unspecified atom stereocenters. The SMILES string of the molecule is CCNC(=O)CN(CC)C(=O)CC(C)c1ccccc1. The molecule has 0 aliphatic rings. The lowest BCUT2D eigenvalue weighted by molar-refractivity contribution is -0.136. The Labute approximate surface area is 121 Å². The second-order valence-corrected chi connectivity index (χ2v) is 4.88. The van der Waals surface area contributed by atoms with Gasteiger partial charge in [0.2, 0.25) is 11.8 Å². The lowest BCUT2D eigenvalue weighted by atomic mass is 9.97. The fraction of sp³-hybridized carbons (Fsp3) is 0.500. The number of amides is 2. The molecule has 0 spiro atoms. The maximum absolute atomic E-state index is 12.2. The molecule has 1 aromatic carbocycles. The summed E-state index contributed by atoms with van der Waals surface area (Å²) in [5, 5.41) is 2.72. The van der Waals surface area contributed by atoms with Crippen molar-refractivity contribution in [2.75, 3.05) is 19.6 Å². The van der Waals surface area contributed by atoms with Crippen LogP contribution in [0.4, 0.5) is 0 Å². The summed E-state index contributed by atoms with van der Waals surface area (Å²) in [7, 11) is 0. The Morgan fingerprint density at radius 2 is 1.85 bits per heavy atom. The Hall–Kier alpha value is -1.84. The highest BCUT2D eigenvalue weighted by Gasteiger charge is 2.18. The smallest absolute Gasteiger partial charge is 0.239 e. The van der Waals surface area contributed by atoms with E-state index in [0.29, 0.717) is 19.5 Å².